The Labute approximate surface area is 170 Å². The quantitative estimate of drug-likeness (QED) is 0.424. The van der Waals surface area contributed by atoms with Crippen molar-refractivity contribution in [2.24, 2.45) is 5.41 Å². The zero-order valence-electron chi connectivity index (χ0n) is 16.8. The predicted octanol–water partition coefficient (Wildman–Crippen LogP) is 2.36. The average Bonchev–Trinajstić information content (AvgIpc) is 2.74. The van der Waals surface area contributed by atoms with Crippen LogP contribution in [0, 0.1) is 10.6 Å². The van der Waals surface area contributed by atoms with Crippen LogP contribution < -0.4 is 9.47 Å². The summed E-state index contributed by atoms with van der Waals surface area (Å²) in [6.45, 7) is 2.90. The molecule has 0 aliphatic carbocycles. The summed E-state index contributed by atoms with van der Waals surface area (Å²) in [6.07, 6.45) is 4.39. The summed E-state index contributed by atoms with van der Waals surface area (Å²) in [7, 11) is 1.60. The van der Waals surface area contributed by atoms with Gasteiger partial charge < -0.3 is 19.6 Å². The molecule has 2 heterocycles. The molecule has 0 spiro atoms. The van der Waals surface area contributed by atoms with E-state index in [-0.39, 0.29) is 25.0 Å². The minimum atomic E-state index is -0.816. The second-order valence-electron chi connectivity index (χ2n) is 7.31. The van der Waals surface area contributed by atoms with Crippen molar-refractivity contribution >= 4 is 11.9 Å². The third-order valence-corrected chi connectivity index (χ3v) is 5.30. The minimum Gasteiger partial charge on any atom is -0.619 e. The first-order chi connectivity index (χ1) is 14.0. The van der Waals surface area contributed by atoms with Crippen LogP contribution in [0.4, 0.5) is 0 Å². The Balaban J connectivity index is 1.87. The minimum absolute atomic E-state index is 0.190. The molecule has 1 aromatic carbocycles. The summed E-state index contributed by atoms with van der Waals surface area (Å²) in [4.78, 5) is 27.7. The molecule has 0 unspecified atom stereocenters. The highest BCUT2D eigenvalue weighted by atomic mass is 16.5. The molecule has 1 saturated heterocycles. The van der Waals surface area contributed by atoms with Gasteiger partial charge in [0.2, 0.25) is 0 Å². The molecule has 1 aliphatic rings. The maximum absolute atomic E-state index is 13.0. The summed E-state index contributed by atoms with van der Waals surface area (Å²) in [6, 6.07) is 10.6. The molecule has 2 aromatic rings. The number of piperidine rings is 1. The summed E-state index contributed by atoms with van der Waals surface area (Å²) in [5.74, 6) is 0.246. The van der Waals surface area contributed by atoms with Gasteiger partial charge in [-0.1, -0.05) is 12.1 Å². The lowest BCUT2D eigenvalue weighted by molar-refractivity contribution is -0.605. The Hall–Kier alpha value is -3.09. The number of carbonyl (C=O) groups is 2. The van der Waals surface area contributed by atoms with Crippen molar-refractivity contribution in [2.75, 3.05) is 26.8 Å². The Morgan fingerprint density at radius 1 is 1.24 bits per heavy atom. The molecule has 154 valence electrons. The van der Waals surface area contributed by atoms with Crippen LogP contribution in [0.1, 0.15) is 35.7 Å². The van der Waals surface area contributed by atoms with Crippen LogP contribution in [0.15, 0.2) is 48.8 Å². The summed E-state index contributed by atoms with van der Waals surface area (Å²) in [5, 5.41) is 11.3. The first-order valence-corrected chi connectivity index (χ1v) is 9.76. The third kappa shape index (κ3) is 4.67. The van der Waals surface area contributed by atoms with Gasteiger partial charge in [-0.15, -0.1) is 0 Å². The van der Waals surface area contributed by atoms with Crippen LogP contribution in [0.3, 0.4) is 0 Å². The molecule has 1 amide bonds. The summed E-state index contributed by atoms with van der Waals surface area (Å²) < 4.78 is 11.4. The molecule has 0 bridgehead atoms. The fourth-order valence-electron chi connectivity index (χ4n) is 3.88. The molecule has 1 atom stereocenters. The number of hydrogen-bond acceptors (Lipinski definition) is 5. The lowest BCUT2D eigenvalue weighted by Crippen LogP contribution is -2.51. The number of hydrogen-bond donors (Lipinski definition) is 0. The maximum Gasteiger partial charge on any atom is 0.314 e. The van der Waals surface area contributed by atoms with Crippen LogP contribution in [0.2, 0.25) is 0 Å². The van der Waals surface area contributed by atoms with Gasteiger partial charge in [0.25, 0.3) is 5.91 Å². The van der Waals surface area contributed by atoms with E-state index in [9.17, 15) is 14.8 Å². The maximum atomic E-state index is 13.0. The summed E-state index contributed by atoms with van der Waals surface area (Å²) in [5.41, 5.74) is 0.570. The van der Waals surface area contributed by atoms with Gasteiger partial charge in [0.05, 0.1) is 24.7 Å². The van der Waals surface area contributed by atoms with Crippen molar-refractivity contribution in [3.05, 3.63) is 65.1 Å². The fraction of sp³-hybridized carbons (Fsp3) is 0.409. The van der Waals surface area contributed by atoms with E-state index < -0.39 is 5.41 Å². The second-order valence-corrected chi connectivity index (χ2v) is 7.31. The van der Waals surface area contributed by atoms with E-state index in [0.717, 1.165) is 11.3 Å². The van der Waals surface area contributed by atoms with E-state index in [2.05, 4.69) is 0 Å². The molecular formula is C22H26N2O5. The number of carbonyl (C=O) groups excluding carboxylic acids is 2. The van der Waals surface area contributed by atoms with Gasteiger partial charge in [-0.3, -0.25) is 9.59 Å². The predicted molar refractivity (Wildman–Crippen MR) is 106 cm³/mol. The van der Waals surface area contributed by atoms with Gasteiger partial charge in [-0.25, -0.2) is 0 Å². The van der Waals surface area contributed by atoms with Crippen LogP contribution >= 0.6 is 0 Å². The molecule has 0 N–H and O–H groups in total. The number of ether oxygens (including phenoxy) is 2. The SMILES string of the molecule is CCOC(=O)[C@]1(Cc2cccc(OC)c2)CCCN(C(=O)c2cc[n+]([O-])cc2)C1. The number of amides is 1. The van der Waals surface area contributed by atoms with Crippen molar-refractivity contribution in [3.8, 4) is 5.75 Å². The van der Waals surface area contributed by atoms with Crippen LogP contribution in [0.25, 0.3) is 0 Å². The third-order valence-electron chi connectivity index (χ3n) is 5.30. The number of likely N-dealkylation sites (tertiary alicyclic amines) is 1. The number of nitrogens with zero attached hydrogens (tertiary/aromatic N) is 2. The van der Waals surface area contributed by atoms with Crippen molar-refractivity contribution in [2.45, 2.75) is 26.2 Å². The first-order valence-electron chi connectivity index (χ1n) is 9.76. The Kier molecular flexibility index (Phi) is 6.36. The molecule has 7 heteroatoms. The molecule has 1 aliphatic heterocycles. The number of methoxy groups -OCH3 is 1. The smallest absolute Gasteiger partial charge is 0.314 e. The first kappa shape index (κ1) is 20.6. The molecule has 0 radical (unpaired) electrons. The Bertz CT molecular complexity index is 868. The molecule has 0 saturated carbocycles. The highest BCUT2D eigenvalue weighted by Crippen LogP contribution is 2.36. The van der Waals surface area contributed by atoms with Gasteiger partial charge >= 0.3 is 5.97 Å². The van der Waals surface area contributed by atoms with Gasteiger partial charge in [0.1, 0.15) is 5.75 Å². The normalized spacial score (nSPS) is 18.9. The highest BCUT2D eigenvalue weighted by Gasteiger charge is 2.45. The second kappa shape index (κ2) is 8.94. The largest absolute Gasteiger partial charge is 0.619 e. The van der Waals surface area contributed by atoms with E-state index in [4.69, 9.17) is 9.47 Å². The van der Waals surface area contributed by atoms with E-state index in [1.165, 1.54) is 24.5 Å². The molecule has 7 nitrogen and oxygen atoms in total. The lowest BCUT2D eigenvalue weighted by atomic mass is 9.75. The Morgan fingerprint density at radius 2 is 2.00 bits per heavy atom. The van der Waals surface area contributed by atoms with Crippen LogP contribution in [0.5, 0.6) is 5.75 Å². The lowest BCUT2D eigenvalue weighted by Gasteiger charge is -2.41. The van der Waals surface area contributed by atoms with E-state index >= 15 is 0 Å². The van der Waals surface area contributed by atoms with Crippen molar-refractivity contribution in [3.63, 3.8) is 0 Å². The van der Waals surface area contributed by atoms with E-state index in [1.54, 1.807) is 18.9 Å². The highest BCUT2D eigenvalue weighted by molar-refractivity contribution is 5.94. The zero-order valence-corrected chi connectivity index (χ0v) is 16.8. The van der Waals surface area contributed by atoms with E-state index in [0.29, 0.717) is 36.1 Å². The zero-order chi connectivity index (χ0) is 20.9. The van der Waals surface area contributed by atoms with Gasteiger partial charge in [-0.2, -0.15) is 4.73 Å². The standard InChI is InChI=1S/C22H26N2O5/c1-3-29-21(26)22(15-17-6-4-7-19(14-17)28-2)10-5-11-23(16-22)20(25)18-8-12-24(27)13-9-18/h4,6-9,12-14H,3,5,10-11,15-16H2,1-2H3/t22-/m0/s1. The molecule has 1 aromatic heterocycles. The van der Waals surface area contributed by atoms with Gasteiger partial charge in [0.15, 0.2) is 12.4 Å². The average molecular weight is 398 g/mol. The van der Waals surface area contributed by atoms with Gasteiger partial charge in [0, 0.05) is 25.2 Å². The summed E-state index contributed by atoms with van der Waals surface area (Å²) >= 11 is 0. The van der Waals surface area contributed by atoms with Gasteiger partial charge in [-0.05, 0) is 43.9 Å². The van der Waals surface area contributed by atoms with Crippen molar-refractivity contribution in [1.82, 2.24) is 4.90 Å². The van der Waals surface area contributed by atoms with Crippen LogP contribution in [-0.2, 0) is 16.0 Å². The Morgan fingerprint density at radius 3 is 2.69 bits per heavy atom. The molecule has 1 fully saturated rings. The molecular weight excluding hydrogens is 372 g/mol. The molecule has 3 rings (SSSR count). The topological polar surface area (TPSA) is 82.8 Å². The number of esters is 1. The van der Waals surface area contributed by atoms with Crippen molar-refractivity contribution < 1.29 is 23.8 Å². The van der Waals surface area contributed by atoms with Crippen molar-refractivity contribution in [1.29, 1.82) is 0 Å². The monoisotopic (exact) mass is 398 g/mol. The van der Waals surface area contributed by atoms with Crippen LogP contribution in [-0.4, -0.2) is 43.6 Å². The number of rotatable bonds is 6. The fourth-order valence-corrected chi connectivity index (χ4v) is 3.88. The number of aromatic nitrogens is 1. The molecule has 29 heavy (non-hydrogen) atoms. The number of pyridine rings is 1. The number of benzene rings is 1. The van der Waals surface area contributed by atoms with E-state index in [1.807, 2.05) is 24.3 Å².